The molecule has 1 N–H and O–H groups in total. The lowest BCUT2D eigenvalue weighted by Crippen LogP contribution is -2.41. The first kappa shape index (κ1) is 18.8. The van der Waals surface area contributed by atoms with Crippen molar-refractivity contribution in [3.63, 3.8) is 0 Å². The van der Waals surface area contributed by atoms with Crippen molar-refractivity contribution in [2.45, 2.75) is 32.2 Å². The molecule has 0 spiro atoms. The summed E-state index contributed by atoms with van der Waals surface area (Å²) in [5, 5.41) is 9.89. The Hall–Kier alpha value is -3.03. The number of hydrogen-bond acceptors (Lipinski definition) is 6. The highest BCUT2D eigenvalue weighted by atomic mass is 16.5. The summed E-state index contributed by atoms with van der Waals surface area (Å²) in [6.45, 7) is 2.10. The van der Waals surface area contributed by atoms with Gasteiger partial charge in [0.2, 0.25) is 11.7 Å². The maximum absolute atomic E-state index is 12.6. The number of amides is 1. The minimum atomic E-state index is -1.03. The molecule has 144 valence electrons. The van der Waals surface area contributed by atoms with Crippen molar-refractivity contribution in [1.29, 1.82) is 0 Å². The van der Waals surface area contributed by atoms with Crippen LogP contribution in [-0.4, -0.2) is 48.7 Å². The number of benzene rings is 1. The number of aryl methyl sites for hydroxylation is 1. The minimum absolute atomic E-state index is 0.206. The summed E-state index contributed by atoms with van der Waals surface area (Å²) >= 11 is 0. The van der Waals surface area contributed by atoms with Crippen LogP contribution in [0.4, 0.5) is 0 Å². The largest absolute Gasteiger partial charge is 0.493 e. The highest BCUT2D eigenvalue weighted by Gasteiger charge is 2.34. The molecule has 27 heavy (non-hydrogen) atoms. The van der Waals surface area contributed by atoms with Gasteiger partial charge in [0.1, 0.15) is 6.04 Å². The quantitative estimate of drug-likeness (QED) is 0.793. The van der Waals surface area contributed by atoms with Crippen LogP contribution in [0.3, 0.4) is 0 Å². The number of aliphatic carboxylic acids is 1. The average Bonchev–Trinajstić information content (AvgIpc) is 3.14. The topological polar surface area (TPSA) is 106 Å². The van der Waals surface area contributed by atoms with Crippen molar-refractivity contribution >= 4 is 22.8 Å². The molecule has 0 saturated carbocycles. The SMILES string of the molecule is COc1ccc2c(C)c(CC(=O)N3CCC[C@@H]3C(=O)O)c(=O)oc2c1OC. The van der Waals surface area contributed by atoms with Gasteiger partial charge in [0.05, 0.1) is 26.2 Å². The molecule has 8 heteroatoms. The van der Waals surface area contributed by atoms with Crippen LogP contribution in [0.5, 0.6) is 11.5 Å². The summed E-state index contributed by atoms with van der Waals surface area (Å²) in [5.41, 5.74) is 0.420. The van der Waals surface area contributed by atoms with Crippen LogP contribution in [0.1, 0.15) is 24.0 Å². The van der Waals surface area contributed by atoms with Crippen LogP contribution in [0, 0.1) is 6.92 Å². The molecular formula is C19H21NO7. The summed E-state index contributed by atoms with van der Waals surface area (Å²) in [5.74, 6) is -0.689. The van der Waals surface area contributed by atoms with Gasteiger partial charge in [-0.2, -0.15) is 0 Å². The summed E-state index contributed by atoms with van der Waals surface area (Å²) in [6.07, 6.45) is 0.844. The van der Waals surface area contributed by atoms with Gasteiger partial charge in [0.25, 0.3) is 0 Å². The number of rotatable bonds is 5. The van der Waals surface area contributed by atoms with Crippen LogP contribution < -0.4 is 15.1 Å². The molecule has 1 aromatic heterocycles. The fourth-order valence-electron chi connectivity index (χ4n) is 3.54. The lowest BCUT2D eigenvalue weighted by Gasteiger charge is -2.21. The Morgan fingerprint density at radius 3 is 2.67 bits per heavy atom. The molecule has 1 amide bonds. The molecule has 1 aliphatic rings. The number of methoxy groups -OCH3 is 2. The number of fused-ring (bicyclic) bond motifs is 1. The Labute approximate surface area is 155 Å². The molecule has 1 fully saturated rings. The minimum Gasteiger partial charge on any atom is -0.493 e. The van der Waals surface area contributed by atoms with Crippen LogP contribution in [0.25, 0.3) is 11.0 Å². The molecule has 8 nitrogen and oxygen atoms in total. The highest BCUT2D eigenvalue weighted by molar-refractivity contribution is 5.90. The number of carbonyl (C=O) groups is 2. The van der Waals surface area contributed by atoms with Crippen LogP contribution in [0.15, 0.2) is 21.3 Å². The molecule has 1 atom stereocenters. The number of likely N-dealkylation sites (tertiary alicyclic amines) is 1. The van der Waals surface area contributed by atoms with Gasteiger partial charge in [-0.3, -0.25) is 4.79 Å². The summed E-state index contributed by atoms with van der Waals surface area (Å²) < 4.78 is 15.9. The van der Waals surface area contributed by atoms with Crippen LogP contribution in [-0.2, 0) is 16.0 Å². The predicted molar refractivity (Wildman–Crippen MR) is 96.4 cm³/mol. The highest BCUT2D eigenvalue weighted by Crippen LogP contribution is 2.36. The van der Waals surface area contributed by atoms with E-state index >= 15 is 0 Å². The van der Waals surface area contributed by atoms with E-state index in [1.807, 2.05) is 0 Å². The number of ether oxygens (including phenoxy) is 2. The number of hydrogen-bond donors (Lipinski definition) is 1. The van der Waals surface area contributed by atoms with Gasteiger partial charge in [-0.15, -0.1) is 0 Å². The van der Waals surface area contributed by atoms with E-state index in [1.54, 1.807) is 19.1 Å². The Balaban J connectivity index is 2.02. The fourth-order valence-corrected chi connectivity index (χ4v) is 3.54. The Kier molecular flexibility index (Phi) is 5.07. The van der Waals surface area contributed by atoms with Gasteiger partial charge in [0.15, 0.2) is 11.3 Å². The molecule has 1 aromatic carbocycles. The van der Waals surface area contributed by atoms with E-state index in [0.29, 0.717) is 41.8 Å². The first-order valence-corrected chi connectivity index (χ1v) is 8.58. The Morgan fingerprint density at radius 2 is 2.04 bits per heavy atom. The maximum atomic E-state index is 12.6. The van der Waals surface area contributed by atoms with Crippen molar-refractivity contribution in [3.8, 4) is 11.5 Å². The first-order valence-electron chi connectivity index (χ1n) is 8.58. The molecule has 0 radical (unpaired) electrons. The second-order valence-electron chi connectivity index (χ2n) is 6.43. The maximum Gasteiger partial charge on any atom is 0.340 e. The van der Waals surface area contributed by atoms with Crippen LogP contribution in [0.2, 0.25) is 0 Å². The number of carboxylic acids is 1. The molecule has 3 rings (SSSR count). The third-order valence-corrected chi connectivity index (χ3v) is 4.98. The van der Waals surface area contributed by atoms with E-state index in [-0.39, 0.29) is 17.6 Å². The van der Waals surface area contributed by atoms with Gasteiger partial charge in [-0.25, -0.2) is 9.59 Å². The van der Waals surface area contributed by atoms with E-state index in [0.717, 1.165) is 0 Å². The van der Waals surface area contributed by atoms with Crippen molar-refractivity contribution in [3.05, 3.63) is 33.7 Å². The molecule has 1 saturated heterocycles. The molecule has 1 aliphatic heterocycles. The molecule has 0 unspecified atom stereocenters. The number of carbonyl (C=O) groups excluding carboxylic acids is 1. The van der Waals surface area contributed by atoms with Gasteiger partial charge in [-0.1, -0.05) is 0 Å². The fraction of sp³-hybridized carbons (Fsp3) is 0.421. The second kappa shape index (κ2) is 7.30. The molecule has 2 heterocycles. The smallest absolute Gasteiger partial charge is 0.340 e. The van der Waals surface area contributed by atoms with Crippen molar-refractivity contribution in [2.75, 3.05) is 20.8 Å². The summed E-state index contributed by atoms with van der Waals surface area (Å²) in [4.78, 5) is 37.8. The molecule has 0 aliphatic carbocycles. The lowest BCUT2D eigenvalue weighted by atomic mass is 10.0. The van der Waals surface area contributed by atoms with Crippen LogP contribution >= 0.6 is 0 Å². The Morgan fingerprint density at radius 1 is 1.30 bits per heavy atom. The normalized spacial score (nSPS) is 16.6. The van der Waals surface area contributed by atoms with Crippen molar-refractivity contribution in [1.82, 2.24) is 4.90 Å². The lowest BCUT2D eigenvalue weighted by molar-refractivity contribution is -0.148. The standard InChI is InChI=1S/C19H21NO7/c1-10-11-6-7-14(25-2)17(26-3)16(11)27-19(24)12(10)9-15(21)20-8-4-5-13(20)18(22)23/h6-7,13H,4-5,8-9H2,1-3H3,(H,22,23)/t13-/m1/s1. The van der Waals surface area contributed by atoms with Gasteiger partial charge in [-0.05, 0) is 37.5 Å². The average molecular weight is 375 g/mol. The zero-order chi connectivity index (χ0) is 19.7. The van der Waals surface area contributed by atoms with E-state index in [2.05, 4.69) is 0 Å². The third-order valence-electron chi connectivity index (χ3n) is 4.98. The van der Waals surface area contributed by atoms with Gasteiger partial charge < -0.3 is 23.9 Å². The second-order valence-corrected chi connectivity index (χ2v) is 6.43. The molecular weight excluding hydrogens is 354 g/mol. The Bertz CT molecular complexity index is 963. The zero-order valence-corrected chi connectivity index (χ0v) is 15.4. The number of nitrogens with zero attached hydrogens (tertiary/aromatic N) is 1. The first-order chi connectivity index (χ1) is 12.9. The van der Waals surface area contributed by atoms with Gasteiger partial charge in [0, 0.05) is 11.9 Å². The van der Waals surface area contributed by atoms with Gasteiger partial charge >= 0.3 is 11.6 Å². The van der Waals surface area contributed by atoms with E-state index in [9.17, 15) is 19.5 Å². The summed E-state index contributed by atoms with van der Waals surface area (Å²) in [7, 11) is 2.93. The monoisotopic (exact) mass is 375 g/mol. The van der Waals surface area contributed by atoms with Crippen molar-refractivity contribution in [2.24, 2.45) is 0 Å². The molecule has 2 aromatic rings. The summed E-state index contributed by atoms with van der Waals surface area (Å²) in [6, 6.07) is 2.59. The van der Waals surface area contributed by atoms with E-state index in [4.69, 9.17) is 13.9 Å². The third kappa shape index (κ3) is 3.22. The predicted octanol–water partition coefficient (Wildman–Crippen LogP) is 1.74. The number of carboxylic acid groups (broad SMARTS) is 1. The van der Waals surface area contributed by atoms with E-state index in [1.165, 1.54) is 19.1 Å². The molecule has 0 bridgehead atoms. The van der Waals surface area contributed by atoms with Crippen molar-refractivity contribution < 1.29 is 28.6 Å². The van der Waals surface area contributed by atoms with E-state index < -0.39 is 23.5 Å². The zero-order valence-electron chi connectivity index (χ0n) is 15.4.